The molecular weight excluding hydrogens is 210 g/mol. The summed E-state index contributed by atoms with van der Waals surface area (Å²) < 4.78 is 13.0. The summed E-state index contributed by atoms with van der Waals surface area (Å²) in [6.07, 6.45) is 1.29. The van der Waals surface area contributed by atoms with E-state index in [9.17, 15) is 4.79 Å². The number of methoxy groups -OCH3 is 2. The molecule has 6 nitrogen and oxygen atoms in total. The highest BCUT2D eigenvalue weighted by Crippen LogP contribution is 1.89. The fraction of sp³-hybridized carbons (Fsp3) is 0.600. The predicted molar refractivity (Wildman–Crippen MR) is 58.9 cm³/mol. The molecule has 0 fully saturated rings. The van der Waals surface area contributed by atoms with Crippen LogP contribution >= 0.6 is 0 Å². The number of aryl methyl sites for hydroxylation is 1. The van der Waals surface area contributed by atoms with Crippen molar-refractivity contribution in [2.75, 3.05) is 20.8 Å². The summed E-state index contributed by atoms with van der Waals surface area (Å²) >= 11 is 0. The molecule has 0 aliphatic carbocycles. The minimum atomic E-state index is -0.385. The van der Waals surface area contributed by atoms with E-state index < -0.39 is 0 Å². The maximum absolute atomic E-state index is 11.6. The van der Waals surface area contributed by atoms with Crippen molar-refractivity contribution in [3.8, 4) is 0 Å². The van der Waals surface area contributed by atoms with Crippen molar-refractivity contribution in [2.45, 2.75) is 6.29 Å². The largest absolute Gasteiger partial charge is 0.354 e. The lowest BCUT2D eigenvalue weighted by Gasteiger charge is -2.10. The van der Waals surface area contributed by atoms with Gasteiger partial charge in [0.05, 0.1) is 6.54 Å². The molecule has 1 aromatic heterocycles. The van der Waals surface area contributed by atoms with Gasteiger partial charge < -0.3 is 14.0 Å². The van der Waals surface area contributed by atoms with Gasteiger partial charge >= 0.3 is 5.69 Å². The minimum Gasteiger partial charge on any atom is -0.354 e. The first-order chi connectivity index (χ1) is 7.60. The van der Waals surface area contributed by atoms with Gasteiger partial charge in [-0.3, -0.25) is 9.56 Å². The van der Waals surface area contributed by atoms with E-state index in [1.165, 1.54) is 9.13 Å². The molecule has 1 aromatic rings. The van der Waals surface area contributed by atoms with Crippen LogP contribution in [-0.2, 0) is 23.6 Å². The lowest BCUT2D eigenvalue weighted by molar-refractivity contribution is -0.0942. The third kappa shape index (κ3) is 2.80. The molecule has 0 saturated heterocycles. The minimum absolute atomic E-state index is 0.118. The molecule has 1 rings (SSSR count). The quantitative estimate of drug-likeness (QED) is 0.635. The number of ether oxygens (including phenoxy) is 2. The van der Waals surface area contributed by atoms with E-state index in [2.05, 4.69) is 4.99 Å². The van der Waals surface area contributed by atoms with E-state index in [0.29, 0.717) is 12.0 Å². The van der Waals surface area contributed by atoms with E-state index in [4.69, 9.17) is 9.47 Å². The van der Waals surface area contributed by atoms with Crippen molar-refractivity contribution >= 4 is 0 Å². The zero-order valence-electron chi connectivity index (χ0n) is 10.0. The van der Waals surface area contributed by atoms with Crippen molar-refractivity contribution in [1.29, 1.82) is 0 Å². The van der Waals surface area contributed by atoms with Crippen LogP contribution in [0.4, 0.5) is 0 Å². The molecule has 0 amide bonds. The van der Waals surface area contributed by atoms with Gasteiger partial charge in [-0.2, -0.15) is 0 Å². The van der Waals surface area contributed by atoms with Crippen LogP contribution in [-0.4, -0.2) is 36.2 Å². The molecule has 0 aromatic carbocycles. The third-order valence-corrected chi connectivity index (χ3v) is 2.31. The predicted octanol–water partition coefficient (Wildman–Crippen LogP) is -0.757. The normalized spacial score (nSPS) is 12.4. The molecular formula is C10H17N3O3. The topological polar surface area (TPSA) is 57.8 Å². The van der Waals surface area contributed by atoms with Gasteiger partial charge in [0.25, 0.3) is 0 Å². The molecule has 0 spiro atoms. The fourth-order valence-corrected chi connectivity index (χ4v) is 1.26. The van der Waals surface area contributed by atoms with E-state index in [0.717, 1.165) is 0 Å². The van der Waals surface area contributed by atoms with Crippen LogP contribution in [0, 0.1) is 0 Å². The van der Waals surface area contributed by atoms with Gasteiger partial charge in [0.1, 0.15) is 5.49 Å². The second-order valence-electron chi connectivity index (χ2n) is 3.37. The molecule has 0 atom stereocenters. The molecule has 0 N–H and O–H groups in total. The highest BCUT2D eigenvalue weighted by Gasteiger charge is 2.02. The number of hydrogen-bond donors (Lipinski definition) is 0. The zero-order valence-corrected chi connectivity index (χ0v) is 10.0. The molecule has 0 aliphatic rings. The molecule has 16 heavy (non-hydrogen) atoms. The van der Waals surface area contributed by atoms with Crippen molar-refractivity contribution in [3.05, 3.63) is 28.2 Å². The molecule has 1 heterocycles. The van der Waals surface area contributed by atoms with E-state index in [1.54, 1.807) is 40.6 Å². The van der Waals surface area contributed by atoms with Gasteiger partial charge in [0, 0.05) is 34.5 Å². The van der Waals surface area contributed by atoms with Gasteiger partial charge in [-0.25, -0.2) is 4.79 Å². The summed E-state index contributed by atoms with van der Waals surface area (Å²) in [6, 6.07) is 1.77. The Balaban J connectivity index is 3.01. The van der Waals surface area contributed by atoms with Crippen molar-refractivity contribution in [2.24, 2.45) is 19.1 Å². The molecule has 0 saturated carbocycles. The Morgan fingerprint density at radius 3 is 2.56 bits per heavy atom. The molecule has 0 radical (unpaired) electrons. The molecule has 90 valence electrons. The summed E-state index contributed by atoms with van der Waals surface area (Å²) in [4.78, 5) is 15.8. The monoisotopic (exact) mass is 227 g/mol. The standard InChI is InChI=1S/C10H17N3O3/c1-12-6-5-8(13(2)10(12)14)11-7-9(15-3)16-4/h5-6,9H,7H2,1-4H3. The Bertz CT molecular complexity index is 457. The molecule has 0 unspecified atom stereocenters. The first-order valence-corrected chi connectivity index (χ1v) is 4.89. The van der Waals surface area contributed by atoms with Crippen molar-refractivity contribution in [1.82, 2.24) is 9.13 Å². The van der Waals surface area contributed by atoms with Gasteiger partial charge in [-0.05, 0) is 6.07 Å². The first-order valence-electron chi connectivity index (χ1n) is 4.89. The van der Waals surface area contributed by atoms with Crippen LogP contribution in [0.1, 0.15) is 0 Å². The van der Waals surface area contributed by atoms with Gasteiger partial charge in [-0.15, -0.1) is 0 Å². The maximum Gasteiger partial charge on any atom is 0.329 e. The summed E-state index contributed by atoms with van der Waals surface area (Å²) in [6.45, 7) is 0.355. The summed E-state index contributed by atoms with van der Waals surface area (Å²) in [5, 5.41) is 0. The highest BCUT2D eigenvalue weighted by molar-refractivity contribution is 4.83. The second kappa shape index (κ2) is 5.62. The Labute approximate surface area is 93.8 Å². The number of hydrogen-bond acceptors (Lipinski definition) is 4. The van der Waals surface area contributed by atoms with Crippen LogP contribution in [0.3, 0.4) is 0 Å². The molecule has 0 bridgehead atoms. The molecule has 6 heteroatoms. The second-order valence-corrected chi connectivity index (χ2v) is 3.37. The van der Waals surface area contributed by atoms with E-state index in [1.807, 2.05) is 0 Å². The van der Waals surface area contributed by atoms with Crippen LogP contribution in [0.15, 0.2) is 22.1 Å². The van der Waals surface area contributed by atoms with Gasteiger partial charge in [0.15, 0.2) is 6.29 Å². The maximum atomic E-state index is 11.6. The van der Waals surface area contributed by atoms with Crippen molar-refractivity contribution < 1.29 is 9.47 Å². The zero-order chi connectivity index (χ0) is 12.1. The number of nitrogens with zero attached hydrogens (tertiary/aromatic N) is 3. The highest BCUT2D eigenvalue weighted by atomic mass is 16.7. The van der Waals surface area contributed by atoms with Crippen LogP contribution < -0.4 is 11.2 Å². The summed E-state index contributed by atoms with van der Waals surface area (Å²) in [7, 11) is 6.47. The van der Waals surface area contributed by atoms with Crippen LogP contribution in [0.25, 0.3) is 0 Å². The van der Waals surface area contributed by atoms with E-state index >= 15 is 0 Å². The summed E-state index contributed by atoms with van der Waals surface area (Å²) in [5.41, 5.74) is 0.481. The Morgan fingerprint density at radius 2 is 2.00 bits per heavy atom. The van der Waals surface area contributed by atoms with Gasteiger partial charge in [-0.1, -0.05) is 0 Å². The first kappa shape index (κ1) is 12.7. The molecule has 0 aliphatic heterocycles. The van der Waals surface area contributed by atoms with Gasteiger partial charge in [0.2, 0.25) is 0 Å². The van der Waals surface area contributed by atoms with Crippen LogP contribution in [0.5, 0.6) is 0 Å². The SMILES string of the molecule is COC(CN=c1ccn(C)c(=O)n1C)OC. The smallest absolute Gasteiger partial charge is 0.329 e. The number of aromatic nitrogens is 2. The fourth-order valence-electron chi connectivity index (χ4n) is 1.26. The summed E-state index contributed by atoms with van der Waals surface area (Å²) in [5.74, 6) is 0. The average Bonchev–Trinajstić information content (AvgIpc) is 2.30. The Morgan fingerprint density at radius 1 is 1.38 bits per heavy atom. The Kier molecular flexibility index (Phi) is 4.45. The Hall–Kier alpha value is -1.40. The average molecular weight is 227 g/mol. The van der Waals surface area contributed by atoms with E-state index in [-0.39, 0.29) is 12.0 Å². The lowest BCUT2D eigenvalue weighted by Crippen LogP contribution is -2.37. The number of rotatable bonds is 4. The van der Waals surface area contributed by atoms with Crippen molar-refractivity contribution in [3.63, 3.8) is 0 Å². The third-order valence-electron chi connectivity index (χ3n) is 2.31. The lowest BCUT2D eigenvalue weighted by atomic mass is 10.5. The van der Waals surface area contributed by atoms with Crippen LogP contribution in [0.2, 0.25) is 0 Å².